The summed E-state index contributed by atoms with van der Waals surface area (Å²) in [6, 6.07) is 14.3. The number of fused-ring (bicyclic) bond motifs is 1. The van der Waals surface area contributed by atoms with Crippen LogP contribution in [0.5, 0.6) is 0 Å². The molecule has 144 valence electrons. The Kier molecular flexibility index (Phi) is 4.98. The van der Waals surface area contributed by atoms with E-state index >= 15 is 0 Å². The van der Waals surface area contributed by atoms with E-state index in [0.29, 0.717) is 11.7 Å². The van der Waals surface area contributed by atoms with E-state index in [9.17, 15) is 4.79 Å². The smallest absolute Gasteiger partial charge is 0.317 e. The Bertz CT molecular complexity index is 1060. The van der Waals surface area contributed by atoms with Crippen LogP contribution in [-0.4, -0.2) is 22.0 Å². The van der Waals surface area contributed by atoms with Crippen molar-refractivity contribution >= 4 is 34.2 Å². The van der Waals surface area contributed by atoms with Gasteiger partial charge in [0.05, 0.1) is 12.1 Å². The Morgan fingerprint density at radius 2 is 1.89 bits per heavy atom. The van der Waals surface area contributed by atoms with Crippen LogP contribution in [0.3, 0.4) is 0 Å². The summed E-state index contributed by atoms with van der Waals surface area (Å²) < 4.78 is 0. The van der Waals surface area contributed by atoms with Gasteiger partial charge in [-0.1, -0.05) is 41.4 Å². The average Bonchev–Trinajstić information content (AvgIpc) is 3.47. The van der Waals surface area contributed by atoms with Gasteiger partial charge in [-0.2, -0.15) is 0 Å². The SMILES string of the molecule is Cc1cc(C)c2nc(Cl)c(CN(C(=O)Nc3ccccc3C)C3CC3)cc2c1. The lowest BCUT2D eigenvalue weighted by molar-refractivity contribution is 0.206. The van der Waals surface area contributed by atoms with Crippen LogP contribution in [0.25, 0.3) is 10.9 Å². The lowest BCUT2D eigenvalue weighted by atomic mass is 10.1. The minimum absolute atomic E-state index is 0.0895. The Morgan fingerprint density at radius 3 is 2.61 bits per heavy atom. The lowest BCUT2D eigenvalue weighted by Crippen LogP contribution is -2.36. The molecule has 5 heteroatoms. The molecule has 4 nitrogen and oxygen atoms in total. The van der Waals surface area contributed by atoms with Gasteiger partial charge in [-0.25, -0.2) is 9.78 Å². The third-order valence-corrected chi connectivity index (χ3v) is 5.58. The number of rotatable bonds is 4. The zero-order valence-corrected chi connectivity index (χ0v) is 17.2. The summed E-state index contributed by atoms with van der Waals surface area (Å²) in [5, 5.41) is 4.58. The first-order chi connectivity index (χ1) is 13.4. The molecule has 0 saturated heterocycles. The summed E-state index contributed by atoms with van der Waals surface area (Å²) in [6.07, 6.45) is 2.05. The van der Waals surface area contributed by atoms with Crippen LogP contribution in [0.1, 0.15) is 35.1 Å². The largest absolute Gasteiger partial charge is 0.322 e. The summed E-state index contributed by atoms with van der Waals surface area (Å²) in [7, 11) is 0. The van der Waals surface area contributed by atoms with Crippen molar-refractivity contribution in [3.63, 3.8) is 0 Å². The molecule has 0 spiro atoms. The van der Waals surface area contributed by atoms with E-state index in [0.717, 1.165) is 46.1 Å². The van der Waals surface area contributed by atoms with Crippen molar-refractivity contribution in [1.82, 2.24) is 9.88 Å². The molecule has 28 heavy (non-hydrogen) atoms. The number of halogens is 1. The van der Waals surface area contributed by atoms with Crippen molar-refractivity contribution in [1.29, 1.82) is 0 Å². The molecule has 1 saturated carbocycles. The number of anilines is 1. The summed E-state index contributed by atoms with van der Waals surface area (Å²) in [5.74, 6) is 0. The Balaban J connectivity index is 1.62. The second-order valence-electron chi connectivity index (χ2n) is 7.70. The number of pyridine rings is 1. The van der Waals surface area contributed by atoms with Crippen molar-refractivity contribution < 1.29 is 4.79 Å². The molecule has 0 atom stereocenters. The second-order valence-corrected chi connectivity index (χ2v) is 8.05. The molecule has 0 aliphatic heterocycles. The molecule has 1 aliphatic rings. The van der Waals surface area contributed by atoms with Crippen molar-refractivity contribution in [2.24, 2.45) is 0 Å². The number of carbonyl (C=O) groups excluding carboxylic acids is 1. The van der Waals surface area contributed by atoms with Gasteiger partial charge >= 0.3 is 6.03 Å². The summed E-state index contributed by atoms with van der Waals surface area (Å²) >= 11 is 6.50. The van der Waals surface area contributed by atoms with E-state index < -0.39 is 0 Å². The first kappa shape index (κ1) is 18.8. The number of aryl methyl sites for hydroxylation is 3. The number of nitrogens with one attached hydrogen (secondary N) is 1. The third-order valence-electron chi connectivity index (χ3n) is 5.25. The van der Waals surface area contributed by atoms with E-state index in [2.05, 4.69) is 35.4 Å². The molecule has 3 aromatic rings. The normalized spacial score (nSPS) is 13.6. The van der Waals surface area contributed by atoms with Crippen molar-refractivity contribution in [3.05, 3.63) is 69.9 Å². The fourth-order valence-corrected chi connectivity index (χ4v) is 3.82. The van der Waals surface area contributed by atoms with Crippen LogP contribution in [0.2, 0.25) is 5.15 Å². The Hall–Kier alpha value is -2.59. The molecule has 2 amide bonds. The molecule has 1 heterocycles. The molecular formula is C23H24ClN3O. The van der Waals surface area contributed by atoms with Gasteiger partial charge in [-0.15, -0.1) is 0 Å². The van der Waals surface area contributed by atoms with Gasteiger partial charge in [-0.05, 0) is 62.9 Å². The molecule has 1 aromatic heterocycles. The molecule has 0 unspecified atom stereocenters. The molecule has 1 N–H and O–H groups in total. The zero-order valence-electron chi connectivity index (χ0n) is 16.4. The van der Waals surface area contributed by atoms with E-state index in [-0.39, 0.29) is 12.1 Å². The molecule has 2 aromatic carbocycles. The second kappa shape index (κ2) is 7.44. The number of hydrogen-bond acceptors (Lipinski definition) is 2. The van der Waals surface area contributed by atoms with Crippen LogP contribution < -0.4 is 5.32 Å². The van der Waals surface area contributed by atoms with Gasteiger partial charge in [-0.3, -0.25) is 0 Å². The van der Waals surface area contributed by atoms with Crippen LogP contribution in [-0.2, 0) is 6.54 Å². The molecule has 1 fully saturated rings. The van der Waals surface area contributed by atoms with Crippen LogP contribution in [0.15, 0.2) is 42.5 Å². The molecule has 1 aliphatic carbocycles. The van der Waals surface area contributed by atoms with Crippen molar-refractivity contribution in [2.45, 2.75) is 46.2 Å². The van der Waals surface area contributed by atoms with E-state index in [4.69, 9.17) is 11.6 Å². The number of para-hydroxylation sites is 1. The van der Waals surface area contributed by atoms with Gasteiger partial charge in [0.25, 0.3) is 0 Å². The fourth-order valence-electron chi connectivity index (χ4n) is 3.62. The number of carbonyl (C=O) groups is 1. The first-order valence-corrected chi connectivity index (χ1v) is 10.00. The standard InChI is InChI=1S/C23H24ClN3O/c1-14-10-16(3)21-17(11-14)12-18(22(24)26-21)13-27(19-8-9-19)23(28)25-20-7-5-4-6-15(20)2/h4-7,10-12,19H,8-9,13H2,1-3H3,(H,25,28). The first-order valence-electron chi connectivity index (χ1n) is 9.62. The minimum atomic E-state index is -0.0895. The Morgan fingerprint density at radius 1 is 1.14 bits per heavy atom. The number of urea groups is 1. The van der Waals surface area contributed by atoms with Crippen LogP contribution in [0, 0.1) is 20.8 Å². The van der Waals surface area contributed by atoms with Crippen molar-refractivity contribution in [2.75, 3.05) is 5.32 Å². The lowest BCUT2D eigenvalue weighted by Gasteiger charge is -2.24. The summed E-state index contributed by atoms with van der Waals surface area (Å²) in [5.41, 5.74) is 5.99. The predicted octanol–water partition coefficient (Wildman–Crippen LogP) is 6.01. The van der Waals surface area contributed by atoms with Gasteiger partial charge in [0.15, 0.2) is 0 Å². The maximum absolute atomic E-state index is 13.0. The average molecular weight is 394 g/mol. The number of aromatic nitrogens is 1. The summed E-state index contributed by atoms with van der Waals surface area (Å²) in [6.45, 7) is 6.57. The molecular weight excluding hydrogens is 370 g/mol. The highest BCUT2D eigenvalue weighted by atomic mass is 35.5. The topological polar surface area (TPSA) is 45.2 Å². The highest BCUT2D eigenvalue weighted by Gasteiger charge is 2.33. The summed E-state index contributed by atoms with van der Waals surface area (Å²) in [4.78, 5) is 19.5. The highest BCUT2D eigenvalue weighted by molar-refractivity contribution is 6.30. The maximum atomic E-state index is 13.0. The van der Waals surface area contributed by atoms with Crippen LogP contribution >= 0.6 is 11.6 Å². The highest BCUT2D eigenvalue weighted by Crippen LogP contribution is 2.32. The van der Waals surface area contributed by atoms with Gasteiger partial charge in [0.1, 0.15) is 5.15 Å². The van der Waals surface area contributed by atoms with Crippen LogP contribution in [0.4, 0.5) is 10.5 Å². The molecule has 0 bridgehead atoms. The maximum Gasteiger partial charge on any atom is 0.322 e. The monoisotopic (exact) mass is 393 g/mol. The Labute approximate surface area is 170 Å². The number of hydrogen-bond donors (Lipinski definition) is 1. The van der Waals surface area contributed by atoms with E-state index in [1.54, 1.807) is 0 Å². The molecule has 0 radical (unpaired) electrons. The minimum Gasteiger partial charge on any atom is -0.317 e. The van der Waals surface area contributed by atoms with E-state index in [1.807, 2.05) is 43.0 Å². The zero-order chi connectivity index (χ0) is 19.8. The van der Waals surface area contributed by atoms with Crippen molar-refractivity contribution in [3.8, 4) is 0 Å². The number of benzene rings is 2. The predicted molar refractivity (Wildman–Crippen MR) is 115 cm³/mol. The molecule has 4 rings (SSSR count). The number of amides is 2. The van der Waals surface area contributed by atoms with Gasteiger partial charge < -0.3 is 10.2 Å². The third kappa shape index (κ3) is 3.83. The van der Waals surface area contributed by atoms with E-state index in [1.165, 1.54) is 5.56 Å². The quantitative estimate of drug-likeness (QED) is 0.551. The number of nitrogens with zero attached hydrogens (tertiary/aromatic N) is 2. The van der Waals surface area contributed by atoms with Gasteiger partial charge in [0.2, 0.25) is 0 Å². The fraction of sp³-hybridized carbons (Fsp3) is 0.304. The van der Waals surface area contributed by atoms with Gasteiger partial charge in [0, 0.05) is 22.7 Å².